The molecule has 0 amide bonds. The largest absolute Gasteiger partial charge is 0.480 e. The van der Waals surface area contributed by atoms with Crippen molar-refractivity contribution in [2.24, 2.45) is 106 Å². The van der Waals surface area contributed by atoms with Gasteiger partial charge in [0.2, 0.25) is 0 Å². The molecule has 0 aliphatic carbocycles. The number of carboxylic acids is 1. The average molecular weight is 1910 g/mol. The van der Waals surface area contributed by atoms with Crippen molar-refractivity contribution in [3.05, 3.63) is 0 Å². The minimum absolute atomic E-state index is 0.0770. The summed E-state index contributed by atoms with van der Waals surface area (Å²) in [4.78, 5) is 35.6. The van der Waals surface area contributed by atoms with Gasteiger partial charge in [-0.1, -0.05) is 375 Å². The minimum atomic E-state index is -0.913. The summed E-state index contributed by atoms with van der Waals surface area (Å²) in [6.45, 7) is 97.0. The van der Waals surface area contributed by atoms with E-state index in [1.165, 1.54) is 64.2 Å². The summed E-state index contributed by atoms with van der Waals surface area (Å²) < 4.78 is 0. The van der Waals surface area contributed by atoms with E-state index >= 15 is 0 Å². The molecule has 0 heterocycles. The van der Waals surface area contributed by atoms with Crippen molar-refractivity contribution < 1.29 is 70.6 Å². The molecule has 0 saturated heterocycles. The van der Waals surface area contributed by atoms with E-state index in [0.29, 0.717) is 95.7 Å². The topological polar surface area (TPSA) is 368 Å². The number of likely N-dealkylation sites (N-methyl/N-ethyl adjacent to an activating group) is 4. The Morgan fingerprint density at radius 1 is 0.318 bits per heavy atom. The Bertz CT molecular complexity index is 2180. The van der Waals surface area contributed by atoms with Gasteiger partial charge in [0.05, 0.1) is 67.6 Å². The molecule has 0 aromatic heterocycles. The van der Waals surface area contributed by atoms with Crippen LogP contribution in [-0.2, 0) is 14.4 Å². The maximum Gasteiger partial charge on any atom is 0.320 e. The van der Waals surface area contributed by atoms with Gasteiger partial charge in [0.25, 0.3) is 0 Å². The van der Waals surface area contributed by atoms with Crippen molar-refractivity contribution in [1.82, 2.24) is 25.8 Å². The summed E-state index contributed by atoms with van der Waals surface area (Å²) in [6, 6.07) is 0.309. The van der Waals surface area contributed by atoms with E-state index in [9.17, 15) is 50.1 Å². The first-order chi connectivity index (χ1) is 60.3. The number of nitrogens with one attached hydrogen (secondary N) is 3. The van der Waals surface area contributed by atoms with Crippen molar-refractivity contribution in [2.75, 3.05) is 54.9 Å². The molecule has 0 aromatic carbocycles. The van der Waals surface area contributed by atoms with E-state index in [4.69, 9.17) is 31.9 Å². The van der Waals surface area contributed by atoms with Gasteiger partial charge in [-0.3, -0.25) is 14.4 Å². The van der Waals surface area contributed by atoms with E-state index in [-0.39, 0.29) is 103 Å². The van der Waals surface area contributed by atoms with Gasteiger partial charge in [-0.2, -0.15) is 0 Å². The smallest absolute Gasteiger partial charge is 0.320 e. The number of ketones is 2. The Kier molecular flexibility index (Phi) is 140. The quantitative estimate of drug-likeness (QED) is 0.0252. The maximum atomic E-state index is 10.9. The number of nitrogens with zero attached hydrogens (tertiary/aromatic N) is 2. The summed E-state index contributed by atoms with van der Waals surface area (Å²) >= 11 is 0. The number of unbranched alkanes of at least 4 members (excludes halogenated alkanes) is 5. The number of aliphatic hydroxyl groups excluding tert-OH is 10. The van der Waals surface area contributed by atoms with E-state index in [1.54, 1.807) is 0 Å². The number of hydrogen-bond acceptors (Lipinski definition) is 20. The second-order valence-electron chi connectivity index (χ2n) is 43.4. The van der Waals surface area contributed by atoms with Gasteiger partial charge in [-0.05, 0) is 203 Å². The van der Waals surface area contributed by atoms with Gasteiger partial charge >= 0.3 is 5.97 Å². The molecule has 0 rings (SSSR count). The zero-order valence-corrected chi connectivity index (χ0v) is 98.3. The highest BCUT2D eigenvalue weighted by atomic mass is 16.4. The monoisotopic (exact) mass is 1910 g/mol. The third kappa shape index (κ3) is 146. The van der Waals surface area contributed by atoms with E-state index in [0.717, 1.165) is 95.6 Å². The number of aliphatic hydroxyl groups is 10. The molecule has 13 unspecified atom stereocenters. The molecule has 132 heavy (non-hydrogen) atoms. The molecule has 816 valence electrons. The standard InChI is InChI=1S/C10H23NO.C10H22O.C9H20O.C8H19NO.C8H18O.C7H17NO.C7H15NO.C7H17NO.C7H16O.C7H14O.C7H16.C6H13NO2.C6H15NO.C6H14O.C6H14/c1-6-9(11-8(4)5)10(12)7(2)3;1-4-5-6-7-8-10(11)9(2)3;1-7(2)5-6-9(10)8(3)4;1-5-9-7(4)8(10)6(2)3;1-4-5-6-8(9)7(2)3;2*1-6(2)7(9)5-8(3)4;1-5(2)7(9)6(3)8-4;2*1-4-5-7(8)6(2)3;1-4-5-6-7(2)3;1-4(2)3-5(7)6(8)9;1-4(2)6(8)5(3)7;1-4-6(7)5(2)3;1-4-5-6(2)3/h7-12H,6H2,1-5H3;9-11H,4-8H2,1-3H3;7-10H,5-6H2,1-4H3;6-10H,5H2,1-4H3;7-9H,4-6H2,1-3H3;6-7,9H,5H2,1-4H3;6H,5H2,1-4H3;5-9H,1-4H3;6-8H,4-5H2,1-3H3;6H,4-5H2,1-3H3;7H,4-6H2,1-3H3;4-5H,3,7H2,1-2H3,(H,8,9);4-6,8H,7H2,1-3H3;5-7H,4H2,1-3H3;6H,4-5H2,1-3H3/t;;;;;;;;;;;5-;5-,6?;;/m...........00../s1. The Hall–Kier alpha value is -1.87. The minimum Gasteiger partial charge on any atom is -0.480 e. The molecular weight excluding hydrogens is 1660 g/mol. The molecule has 0 aromatic rings. The van der Waals surface area contributed by atoms with Crippen LogP contribution < -0.4 is 27.4 Å². The van der Waals surface area contributed by atoms with Crippen LogP contribution in [0, 0.1) is 94.7 Å². The van der Waals surface area contributed by atoms with Crippen LogP contribution in [0.5, 0.6) is 0 Å². The molecule has 0 bridgehead atoms. The normalized spacial score (nSPS) is 14.5. The van der Waals surface area contributed by atoms with Gasteiger partial charge in [-0.25, -0.2) is 0 Å². The third-order valence-electron chi connectivity index (χ3n) is 21.4. The molecule has 18 N–H and O–H groups in total. The summed E-state index contributed by atoms with van der Waals surface area (Å²) in [5.41, 5.74) is 10.6. The van der Waals surface area contributed by atoms with Crippen LogP contribution in [0.3, 0.4) is 0 Å². The number of nitrogens with two attached hydrogens (primary N) is 2. The third-order valence-corrected chi connectivity index (χ3v) is 21.4. The molecule has 21 heteroatoms. The average Bonchev–Trinajstić information content (AvgIpc) is 0.927. The predicted molar refractivity (Wildman–Crippen MR) is 585 cm³/mol. The van der Waals surface area contributed by atoms with Crippen LogP contribution in [-0.4, -0.2) is 236 Å². The predicted octanol–water partition coefficient (Wildman–Crippen LogP) is 23.6. The fraction of sp³-hybridized carbons (Fsp3) is 0.973. The lowest BCUT2D eigenvalue weighted by Crippen LogP contribution is -2.45. The van der Waals surface area contributed by atoms with Crippen molar-refractivity contribution in [3.63, 3.8) is 0 Å². The number of rotatable bonds is 50. The second-order valence-corrected chi connectivity index (χ2v) is 43.4. The van der Waals surface area contributed by atoms with Crippen molar-refractivity contribution in [1.29, 1.82) is 0 Å². The molecule has 0 aliphatic rings. The molecule has 0 spiro atoms. The van der Waals surface area contributed by atoms with Gasteiger partial charge in [-0.15, -0.1) is 0 Å². The zero-order chi connectivity index (χ0) is 108. The molecule has 0 radical (unpaired) electrons. The number of carbonyl (C=O) groups is 3. The van der Waals surface area contributed by atoms with E-state index < -0.39 is 12.0 Å². The van der Waals surface area contributed by atoms with E-state index in [2.05, 4.69) is 168 Å². The lowest BCUT2D eigenvalue weighted by Gasteiger charge is -2.27. The molecule has 0 fully saturated rings. The molecule has 0 saturated carbocycles. The summed E-state index contributed by atoms with van der Waals surface area (Å²) in [6.07, 6.45) is 22.8. The Morgan fingerprint density at radius 3 is 0.833 bits per heavy atom. The van der Waals surface area contributed by atoms with Crippen molar-refractivity contribution >= 4 is 17.5 Å². The number of carbonyl (C=O) groups excluding carboxylic acids is 2. The molecular formula is C111H253N7O14. The van der Waals surface area contributed by atoms with Crippen molar-refractivity contribution in [3.8, 4) is 0 Å². The summed E-state index contributed by atoms with van der Waals surface area (Å²) in [7, 11) is 9.59. The lowest BCUT2D eigenvalue weighted by molar-refractivity contribution is -0.139. The summed E-state index contributed by atoms with van der Waals surface area (Å²) in [5, 5.41) is 111. The van der Waals surface area contributed by atoms with Crippen LogP contribution in [0.2, 0.25) is 0 Å². The highest BCUT2D eigenvalue weighted by molar-refractivity contribution is 5.82. The highest BCUT2D eigenvalue weighted by Crippen LogP contribution is 2.17. The Labute approximate surface area is 827 Å². The molecule has 0 aliphatic heterocycles. The van der Waals surface area contributed by atoms with Gasteiger partial charge in [0.15, 0.2) is 0 Å². The van der Waals surface area contributed by atoms with Gasteiger partial charge in [0, 0.05) is 55.0 Å². The van der Waals surface area contributed by atoms with Crippen molar-refractivity contribution in [2.45, 2.75) is 557 Å². The van der Waals surface area contributed by atoms with Crippen LogP contribution in [0.1, 0.15) is 460 Å². The first-order valence-corrected chi connectivity index (χ1v) is 53.4. The van der Waals surface area contributed by atoms with E-state index in [1.807, 2.05) is 211 Å². The first-order valence-electron chi connectivity index (χ1n) is 53.4. The maximum absolute atomic E-state index is 10.9. The first kappa shape index (κ1) is 164. The lowest BCUT2D eigenvalue weighted by atomic mass is 9.97. The number of aliphatic carboxylic acids is 1. The SMILES string of the molecule is CC(C)C(=O)CN(C)C.CC(C)C(O)CN(C)C.CC(C)C(O)[C@H](C)N.CC(C)CCC(O)C(C)C.CC(C)C[C@H](N)C(=O)O.CCC(NC(C)C)C(O)C(C)C.CCC(O)C(C)C.CCCC(=O)C(C)C.CCCC(C)C.CCCC(O)C(C)C.CCCCC(C)C.CCCCC(O)C(C)C.CCCCCCC(O)C(C)C.CCNC(C)C(O)C(C)C.CNC(C)C(O)C(C)C. The second kappa shape index (κ2) is 113. The highest BCUT2D eigenvalue weighted by Gasteiger charge is 2.22. The number of hydrogen-bond donors (Lipinski definition) is 16. The van der Waals surface area contributed by atoms with Crippen LogP contribution >= 0.6 is 0 Å². The van der Waals surface area contributed by atoms with Crippen LogP contribution in [0.4, 0.5) is 0 Å². The Balaban J connectivity index is -0.0000000857. The summed E-state index contributed by atoms with van der Waals surface area (Å²) in [5.74, 6) is 6.83. The number of carboxylic acid groups (broad SMARTS) is 1. The van der Waals surface area contributed by atoms with Crippen LogP contribution in [0.25, 0.3) is 0 Å². The van der Waals surface area contributed by atoms with Gasteiger partial charge < -0.3 is 93.4 Å². The van der Waals surface area contributed by atoms with Crippen LogP contribution in [0.15, 0.2) is 0 Å². The fourth-order valence-electron chi connectivity index (χ4n) is 10.9. The fourth-order valence-corrected chi connectivity index (χ4v) is 10.9. The molecule has 21 nitrogen and oxygen atoms in total. The number of Topliss-reactive ketones (excluding diaryl/α,β-unsaturated/α-hetero) is 2. The molecule has 15 atom stereocenters. The zero-order valence-electron chi connectivity index (χ0n) is 98.3. The Morgan fingerprint density at radius 2 is 0.659 bits per heavy atom. The van der Waals surface area contributed by atoms with Gasteiger partial charge in [0.1, 0.15) is 17.6 Å².